The molecular weight excluding hydrogens is 778 g/mol. The molecule has 0 aromatic heterocycles. The molecule has 5 aliphatic heterocycles. The van der Waals surface area contributed by atoms with Gasteiger partial charge in [-0.2, -0.15) is 0 Å². The molecule has 3 aliphatic carbocycles. The topological polar surface area (TPSA) is 0 Å². The first-order valence-electron chi connectivity index (χ1n) is 18.8. The Hall–Kier alpha value is 1.13. The first kappa shape index (κ1) is 37.4. The van der Waals surface area contributed by atoms with E-state index in [4.69, 9.17) is 0 Å². The second-order valence-corrected chi connectivity index (χ2v) is 43.6. The van der Waals surface area contributed by atoms with Crippen LogP contribution in [0.1, 0.15) is 116 Å². The van der Waals surface area contributed by atoms with Gasteiger partial charge in [0.1, 0.15) is 0 Å². The van der Waals surface area contributed by atoms with E-state index in [-0.39, 0.29) is 15.5 Å². The fourth-order valence-electron chi connectivity index (χ4n) is 11.0. The molecule has 7 unspecified atom stereocenters. The van der Waals surface area contributed by atoms with Gasteiger partial charge in [-0.1, -0.05) is 99.6 Å². The van der Waals surface area contributed by atoms with Crippen molar-refractivity contribution in [3.8, 4) is 0 Å². The van der Waals surface area contributed by atoms with Crippen molar-refractivity contribution in [1.29, 1.82) is 0 Å². The van der Waals surface area contributed by atoms with E-state index in [1.54, 1.807) is 7.16 Å². The van der Waals surface area contributed by atoms with E-state index >= 15 is 0 Å². The summed E-state index contributed by atoms with van der Waals surface area (Å²) in [5, 5.41) is 2.01. The van der Waals surface area contributed by atoms with Crippen LogP contribution in [-0.4, -0.2) is 39.2 Å². The standard InChI is InChI=1S/C20H37P5.C10H17.2C6H5.Sn/c1-14(2,3)13-21-18(15(4,5)6)19(16(7,8)9)22-25-20(23(13)19,24(18)25)17(10,11)12;1-7-4-5-8-6-9(7)10(8,2)3;2*1-2-4-6-5-3-1;/h22H,1-12H3;7-9H,1,4-6H2,2-3H3;2*1-5H;/t;7-,8-,9-;;;/m.0.../s1. The van der Waals surface area contributed by atoms with Crippen LogP contribution in [0.2, 0.25) is 4.44 Å². The van der Waals surface area contributed by atoms with E-state index in [1.807, 2.05) is 13.2 Å². The number of rotatable bonds is 4. The van der Waals surface area contributed by atoms with Gasteiger partial charge in [0.2, 0.25) is 0 Å². The Morgan fingerprint density at radius 1 is 0.750 bits per heavy atom. The summed E-state index contributed by atoms with van der Waals surface area (Å²) >= 11 is -1.78. The van der Waals surface area contributed by atoms with Gasteiger partial charge in [-0.05, 0) is 49.5 Å². The minimum atomic E-state index is -1.78. The predicted molar refractivity (Wildman–Crippen MR) is 228 cm³/mol. The fraction of sp³-hybridized carbons (Fsp3) is 0.690. The average molecular weight is 843 g/mol. The molecule has 1 radical (unpaired) electrons. The van der Waals surface area contributed by atoms with Crippen LogP contribution in [0.25, 0.3) is 0 Å². The molecule has 0 N–H and O–H groups in total. The molecule has 6 heteroatoms. The van der Waals surface area contributed by atoms with Crippen LogP contribution in [0.3, 0.4) is 0 Å². The van der Waals surface area contributed by atoms with Crippen molar-refractivity contribution >= 4 is 71.3 Å². The maximum atomic E-state index is 2.62. The summed E-state index contributed by atoms with van der Waals surface area (Å²) in [5.41, 5.74) is 2.40. The quantitative estimate of drug-likeness (QED) is 0.213. The predicted octanol–water partition coefficient (Wildman–Crippen LogP) is 13.7. The van der Waals surface area contributed by atoms with Crippen LogP contribution >= 0.6 is 39.3 Å². The molecule has 4 saturated heterocycles. The first-order chi connectivity index (χ1) is 22.1. The molecule has 2 aromatic rings. The summed E-state index contributed by atoms with van der Waals surface area (Å²) in [4.78, 5) is 1.25. The van der Waals surface area contributed by atoms with Gasteiger partial charge in [0.15, 0.2) is 0 Å². The molecule has 0 spiro atoms. The molecule has 3 saturated carbocycles. The molecule has 8 bridgehead atoms. The summed E-state index contributed by atoms with van der Waals surface area (Å²) in [6, 6.07) is 22.9. The fourth-order valence-corrected chi connectivity index (χ4v) is 69.3. The Morgan fingerprint density at radius 2 is 1.29 bits per heavy atom. The second kappa shape index (κ2) is 11.8. The molecule has 7 fully saturated rings. The van der Waals surface area contributed by atoms with E-state index in [0.717, 1.165) is 22.4 Å². The zero-order valence-electron chi connectivity index (χ0n) is 32.6. The van der Waals surface area contributed by atoms with Gasteiger partial charge in [-0.15, -0.1) is 0 Å². The molecule has 261 valence electrons. The number of fused-ring (bicyclic) bond motifs is 2. The molecule has 8 aliphatic rings. The van der Waals surface area contributed by atoms with Crippen molar-refractivity contribution in [2.45, 2.75) is 135 Å². The molecule has 2 aromatic carbocycles. The number of hydrogen-bond donors (Lipinski definition) is 0. The van der Waals surface area contributed by atoms with Gasteiger partial charge in [0, 0.05) is 4.90 Å². The Labute approximate surface area is 309 Å². The van der Waals surface area contributed by atoms with E-state index < -0.39 is 19.8 Å². The molecule has 48 heavy (non-hydrogen) atoms. The van der Waals surface area contributed by atoms with Crippen LogP contribution in [0, 0.1) is 44.8 Å². The van der Waals surface area contributed by atoms with Crippen LogP contribution in [0.5, 0.6) is 0 Å². The van der Waals surface area contributed by atoms with E-state index in [1.165, 1.54) is 32.0 Å². The van der Waals surface area contributed by atoms with Gasteiger partial charge in [-0.3, -0.25) is 0 Å². The maximum absolute atomic E-state index is 2.62. The Kier molecular flexibility index (Phi) is 9.22. The van der Waals surface area contributed by atoms with Gasteiger partial charge in [0.25, 0.3) is 0 Å². The van der Waals surface area contributed by atoms with E-state index in [2.05, 4.69) is 158 Å². The van der Waals surface area contributed by atoms with Gasteiger partial charge < -0.3 is 0 Å². The molecular formula is C42H64P5Sn. The van der Waals surface area contributed by atoms with Gasteiger partial charge in [-0.25, -0.2) is 0 Å². The summed E-state index contributed by atoms with van der Waals surface area (Å²) in [6.07, 6.45) is 4.48. The molecule has 10 atom stereocenters. The molecule has 5 heterocycles. The van der Waals surface area contributed by atoms with Gasteiger partial charge in [0.05, 0.1) is 9.54 Å². The normalized spacial score (nSPS) is 39.5. The third-order valence-corrected chi connectivity index (χ3v) is 53.0. The van der Waals surface area contributed by atoms with Crippen molar-refractivity contribution in [3.63, 3.8) is 0 Å². The van der Waals surface area contributed by atoms with Crippen LogP contribution < -0.4 is 7.16 Å². The first-order valence-corrected chi connectivity index (χ1v) is 31.2. The van der Waals surface area contributed by atoms with Crippen molar-refractivity contribution in [2.75, 3.05) is 0 Å². The van der Waals surface area contributed by atoms with Crippen molar-refractivity contribution in [2.24, 2.45) is 44.8 Å². The van der Waals surface area contributed by atoms with Crippen molar-refractivity contribution < 1.29 is 0 Å². The number of hydrogen-bond acceptors (Lipinski definition) is 0. The van der Waals surface area contributed by atoms with Crippen LogP contribution in [-0.2, 0) is 0 Å². The molecule has 0 amide bonds. The Balaban J connectivity index is 0.000000152. The summed E-state index contributed by atoms with van der Waals surface area (Å²) < 4.78 is 5.65. The summed E-state index contributed by atoms with van der Waals surface area (Å²) in [6.45, 7) is 36.2. The average Bonchev–Trinajstić information content (AvgIpc) is 3.25. The van der Waals surface area contributed by atoms with Crippen LogP contribution in [0.15, 0.2) is 60.7 Å². The third-order valence-electron chi connectivity index (χ3n) is 13.5. The van der Waals surface area contributed by atoms with Gasteiger partial charge >= 0.3 is 148 Å². The zero-order valence-corrected chi connectivity index (χ0v) is 40.1. The molecule has 0 nitrogen and oxygen atoms in total. The van der Waals surface area contributed by atoms with Crippen molar-refractivity contribution in [3.05, 3.63) is 60.7 Å². The van der Waals surface area contributed by atoms with Crippen molar-refractivity contribution in [1.82, 2.24) is 0 Å². The van der Waals surface area contributed by atoms with E-state index in [0.29, 0.717) is 44.2 Å². The monoisotopic (exact) mass is 843 g/mol. The summed E-state index contributed by atoms with van der Waals surface area (Å²) in [5.74, 6) is 2.98. The van der Waals surface area contributed by atoms with Crippen LogP contribution in [0.4, 0.5) is 0 Å². The summed E-state index contributed by atoms with van der Waals surface area (Å²) in [7, 11) is 3.69. The SMILES string of the molecule is CC(C)(C)C1=PC2(C(C)(C)C)P3P4PC2(C(C)(C)C)P1C43C(C)(C)C.CC1(C)[C@H]2CC[C@H]([CH2][Sn]([c]3ccccc3)[c]3ccccc3)[C@@H]1C2. The second-order valence-electron chi connectivity index (χ2n) is 20.6. The zero-order chi connectivity index (χ0) is 35.1. The molecule has 10 rings (SSSR count). The van der Waals surface area contributed by atoms with E-state index in [9.17, 15) is 0 Å². The number of benzene rings is 2. The minimum absolute atomic E-state index is 0.0222. The third kappa shape index (κ3) is 4.96. The Morgan fingerprint density at radius 3 is 1.69 bits per heavy atom. The Bertz CT molecular complexity index is 1530.